The van der Waals surface area contributed by atoms with Crippen LogP contribution in [0.15, 0.2) is 28.1 Å². The summed E-state index contributed by atoms with van der Waals surface area (Å²) in [6, 6.07) is 5.42. The topological polar surface area (TPSA) is 39.9 Å². The Hall–Kier alpha value is -0.840. The van der Waals surface area contributed by atoms with E-state index in [4.69, 9.17) is 0 Å². The van der Waals surface area contributed by atoms with E-state index in [0.717, 1.165) is 5.69 Å². The average molecular weight is 166 g/mol. The lowest BCUT2D eigenvalue weighted by Crippen LogP contribution is -2.99. The molecule has 3 nitrogen and oxygen atoms in total. The van der Waals surface area contributed by atoms with Crippen LogP contribution in [0, 0.1) is 5.21 Å². The lowest BCUT2D eigenvalue weighted by Gasteiger charge is -2.12. The number of para-hydroxylation sites is 1. The van der Waals surface area contributed by atoms with Crippen molar-refractivity contribution in [3.63, 3.8) is 0 Å². The minimum absolute atomic E-state index is 0.0504. The summed E-state index contributed by atoms with van der Waals surface area (Å²) in [5.41, 5.74) is 1.35. The van der Waals surface area contributed by atoms with Gasteiger partial charge >= 0.3 is 0 Å². The third-order valence-electron chi connectivity index (χ3n) is 1.59. The number of nitrogens with one attached hydrogen (secondary N) is 1. The molecule has 1 aromatic rings. The molecule has 0 radical (unpaired) electrons. The zero-order chi connectivity index (χ0) is 7.84. The monoisotopic (exact) mass is 166 g/mol. The van der Waals surface area contributed by atoms with Gasteiger partial charge in [-0.25, -0.2) is 0 Å². The lowest BCUT2D eigenvalue weighted by atomic mass is 10.3. The Kier molecular flexibility index (Phi) is 1.45. The zero-order valence-electron chi connectivity index (χ0n) is 5.61. The Morgan fingerprint density at radius 1 is 1.45 bits per heavy atom. The smallest absolute Gasteiger partial charge is 0.194 e. The highest BCUT2D eigenvalue weighted by Crippen LogP contribution is 2.29. The van der Waals surface area contributed by atoms with Crippen molar-refractivity contribution < 1.29 is 5.06 Å². The fourth-order valence-electron chi connectivity index (χ4n) is 1.08. The van der Waals surface area contributed by atoms with Gasteiger partial charge in [-0.05, 0) is 12.1 Å². The van der Waals surface area contributed by atoms with Gasteiger partial charge < -0.3 is 5.21 Å². The molecule has 56 valence electrons. The molecule has 1 unspecified atom stereocenters. The minimum atomic E-state index is -0.0504. The number of hydrogen-bond donors (Lipinski definition) is 2. The molecule has 0 aromatic heterocycles. The fourth-order valence-corrected chi connectivity index (χ4v) is 1.39. The average Bonchev–Trinajstić information content (AvgIpc) is 2.34. The van der Waals surface area contributed by atoms with Gasteiger partial charge in [-0.1, -0.05) is 6.07 Å². The summed E-state index contributed by atoms with van der Waals surface area (Å²) in [6.07, 6.45) is 1.32. The van der Waals surface area contributed by atoms with Gasteiger partial charge in [-0.2, -0.15) is 4.99 Å². The molecule has 1 aromatic carbocycles. The predicted octanol–water partition coefficient (Wildman–Crippen LogP) is 0.663. The van der Waals surface area contributed by atoms with E-state index in [-0.39, 0.29) is 5.06 Å². The number of quaternary nitrogens is 1. The number of fused-ring (bicyclic) bond motifs is 1. The quantitative estimate of drug-likeness (QED) is 0.431. The van der Waals surface area contributed by atoms with E-state index in [1.165, 1.54) is 6.34 Å². The highest BCUT2D eigenvalue weighted by Gasteiger charge is 2.16. The number of nitrogens with zero attached hydrogens (tertiary/aromatic N) is 1. The van der Waals surface area contributed by atoms with Gasteiger partial charge in [0.2, 0.25) is 0 Å². The van der Waals surface area contributed by atoms with Crippen LogP contribution in [-0.4, -0.2) is 6.34 Å². The molecule has 2 rings (SSSR count). The third-order valence-corrected chi connectivity index (χ3v) is 1.96. The molecule has 0 amide bonds. The summed E-state index contributed by atoms with van der Waals surface area (Å²) in [4.78, 5) is 4.62. The maximum absolute atomic E-state index is 11.1. The van der Waals surface area contributed by atoms with Crippen LogP contribution in [-0.2, 0) is 0 Å². The maximum Gasteiger partial charge on any atom is 0.194 e. The second kappa shape index (κ2) is 2.34. The van der Waals surface area contributed by atoms with Crippen molar-refractivity contribution in [2.45, 2.75) is 4.90 Å². The third kappa shape index (κ3) is 0.956. The van der Waals surface area contributed by atoms with Crippen LogP contribution in [0.25, 0.3) is 0 Å². The molecule has 1 heterocycles. The van der Waals surface area contributed by atoms with Crippen molar-refractivity contribution in [3.8, 4) is 0 Å². The molecule has 0 fully saturated rings. The molecule has 1 aliphatic heterocycles. The van der Waals surface area contributed by atoms with Gasteiger partial charge in [0.1, 0.15) is 5.69 Å². The van der Waals surface area contributed by atoms with Crippen molar-refractivity contribution in [2.24, 2.45) is 4.99 Å². The summed E-state index contributed by atoms with van der Waals surface area (Å²) in [7, 11) is 0. The van der Waals surface area contributed by atoms with E-state index >= 15 is 0 Å². The number of thiol groups is 1. The molecule has 0 saturated heterocycles. The summed E-state index contributed by atoms with van der Waals surface area (Å²) in [5, 5.41) is 11.0. The Balaban J connectivity index is 2.65. The van der Waals surface area contributed by atoms with E-state index in [1.807, 2.05) is 6.07 Å². The van der Waals surface area contributed by atoms with Crippen LogP contribution in [0.1, 0.15) is 0 Å². The first-order valence-electron chi connectivity index (χ1n) is 3.19. The SMILES string of the molecule is [O-][NH+]1C=Nc2cccc(S)c21. The van der Waals surface area contributed by atoms with Crippen molar-refractivity contribution >= 4 is 30.3 Å². The fraction of sp³-hybridized carbons (Fsp3) is 0. The first-order valence-corrected chi connectivity index (χ1v) is 3.64. The molecule has 4 heteroatoms. The molecule has 1 atom stereocenters. The second-order valence-corrected chi connectivity index (χ2v) is 2.78. The molecule has 1 N–H and O–H groups in total. The van der Waals surface area contributed by atoms with Crippen LogP contribution >= 0.6 is 12.6 Å². The van der Waals surface area contributed by atoms with E-state index in [1.54, 1.807) is 12.1 Å². The molecule has 0 aliphatic carbocycles. The molecular formula is C7H6N2OS. The van der Waals surface area contributed by atoms with Crippen LogP contribution < -0.4 is 5.06 Å². The van der Waals surface area contributed by atoms with Gasteiger partial charge in [0.15, 0.2) is 12.0 Å². The molecule has 0 bridgehead atoms. The first kappa shape index (κ1) is 6.84. The largest absolute Gasteiger partial charge is 0.623 e. The van der Waals surface area contributed by atoms with Gasteiger partial charge in [-0.3, -0.25) is 5.06 Å². The van der Waals surface area contributed by atoms with Gasteiger partial charge in [-0.15, -0.1) is 12.6 Å². The van der Waals surface area contributed by atoms with Crippen LogP contribution in [0.5, 0.6) is 0 Å². The number of rotatable bonds is 0. The van der Waals surface area contributed by atoms with Gasteiger partial charge in [0.05, 0.1) is 4.90 Å². The van der Waals surface area contributed by atoms with E-state index in [2.05, 4.69) is 17.6 Å². The van der Waals surface area contributed by atoms with Crippen molar-refractivity contribution in [1.29, 1.82) is 0 Å². The summed E-state index contributed by atoms with van der Waals surface area (Å²) in [5.74, 6) is 0. The van der Waals surface area contributed by atoms with Crippen molar-refractivity contribution in [1.82, 2.24) is 0 Å². The highest BCUT2D eigenvalue weighted by atomic mass is 32.1. The normalized spacial score (nSPS) is 20.4. The van der Waals surface area contributed by atoms with Crippen LogP contribution in [0.4, 0.5) is 11.4 Å². The maximum atomic E-state index is 11.1. The second-order valence-electron chi connectivity index (χ2n) is 2.29. The minimum Gasteiger partial charge on any atom is -0.623 e. The highest BCUT2D eigenvalue weighted by molar-refractivity contribution is 7.80. The number of hydrogen-bond acceptors (Lipinski definition) is 3. The van der Waals surface area contributed by atoms with E-state index in [9.17, 15) is 5.21 Å². The molecule has 11 heavy (non-hydrogen) atoms. The van der Waals surface area contributed by atoms with Gasteiger partial charge in [0, 0.05) is 0 Å². The number of aliphatic imine (C=N–C) groups is 1. The standard InChI is InChI=1S/C7H6N2OS/c10-9-4-8-5-2-1-3-6(11)7(5)9/h1-4,9,11H. The predicted molar refractivity (Wildman–Crippen MR) is 45.8 cm³/mol. The lowest BCUT2D eigenvalue weighted by molar-refractivity contribution is -0.657. The van der Waals surface area contributed by atoms with Crippen molar-refractivity contribution in [2.75, 3.05) is 0 Å². The summed E-state index contributed by atoms with van der Waals surface area (Å²) < 4.78 is 0. The summed E-state index contributed by atoms with van der Waals surface area (Å²) in [6.45, 7) is 0. The van der Waals surface area contributed by atoms with E-state index < -0.39 is 0 Å². The van der Waals surface area contributed by atoms with Gasteiger partial charge in [0.25, 0.3) is 0 Å². The zero-order valence-corrected chi connectivity index (χ0v) is 6.51. The summed E-state index contributed by atoms with van der Waals surface area (Å²) >= 11 is 4.15. The van der Waals surface area contributed by atoms with Crippen LogP contribution in [0.2, 0.25) is 0 Å². The number of benzene rings is 1. The molecule has 0 saturated carbocycles. The molecular weight excluding hydrogens is 160 g/mol. The van der Waals surface area contributed by atoms with E-state index in [0.29, 0.717) is 10.6 Å². The van der Waals surface area contributed by atoms with Crippen molar-refractivity contribution in [3.05, 3.63) is 23.4 Å². The Labute approximate surface area is 69.3 Å². The van der Waals surface area contributed by atoms with Crippen LogP contribution in [0.3, 0.4) is 0 Å². The Bertz CT molecular complexity index is 324. The number of hydroxylamine groups is 1. The molecule has 1 aliphatic rings. The Morgan fingerprint density at radius 3 is 3.00 bits per heavy atom. The Morgan fingerprint density at radius 2 is 2.27 bits per heavy atom. The first-order chi connectivity index (χ1) is 5.29. The molecule has 0 spiro atoms.